The van der Waals surface area contributed by atoms with E-state index in [0.717, 1.165) is 13.2 Å². The fourth-order valence-electron chi connectivity index (χ4n) is 2.07. The first-order valence-electron chi connectivity index (χ1n) is 6.43. The molecule has 0 fully saturated rings. The number of fused-ring (bicyclic) bond motifs is 1. The third-order valence-electron chi connectivity index (χ3n) is 3.08. The van der Waals surface area contributed by atoms with Gasteiger partial charge in [0, 0.05) is 19.2 Å². The fourth-order valence-corrected chi connectivity index (χ4v) is 2.07. The van der Waals surface area contributed by atoms with E-state index in [1.165, 1.54) is 30.3 Å². The Hall–Kier alpha value is -3.19. The van der Waals surface area contributed by atoms with Crippen molar-refractivity contribution in [3.05, 3.63) is 46.6 Å². The zero-order chi connectivity index (χ0) is 17.1. The second-order valence-electron chi connectivity index (χ2n) is 4.49. The summed E-state index contributed by atoms with van der Waals surface area (Å²) in [4.78, 5) is 12.1. The molecule has 23 heavy (non-hydrogen) atoms. The second kappa shape index (κ2) is 6.29. The monoisotopic (exact) mass is 318 g/mol. The number of rotatable bonds is 1. The number of benzene rings is 2. The van der Waals surface area contributed by atoms with Crippen LogP contribution in [0.25, 0.3) is 22.3 Å². The Kier molecular flexibility index (Phi) is 4.42. The van der Waals surface area contributed by atoms with E-state index >= 15 is 0 Å². The lowest BCUT2D eigenvalue weighted by molar-refractivity contribution is 0.399. The molecule has 1 heterocycles. The van der Waals surface area contributed by atoms with Gasteiger partial charge in [-0.2, -0.15) is 0 Å². The third kappa shape index (κ3) is 2.90. The Labute approximate surface area is 129 Å². The van der Waals surface area contributed by atoms with Crippen LogP contribution in [0.15, 0.2) is 45.6 Å². The SMILES string of the molecule is CO.O=c1c(O)c(-c2ccc(O)cc2O)oc2cc(O)ccc12. The lowest BCUT2D eigenvalue weighted by Gasteiger charge is -2.08. The van der Waals surface area contributed by atoms with Gasteiger partial charge in [0.1, 0.15) is 22.8 Å². The van der Waals surface area contributed by atoms with Crippen LogP contribution in [0.3, 0.4) is 0 Å². The number of aliphatic hydroxyl groups is 1. The van der Waals surface area contributed by atoms with E-state index < -0.39 is 11.2 Å². The molecule has 0 atom stereocenters. The Morgan fingerprint density at radius 1 is 0.870 bits per heavy atom. The highest BCUT2D eigenvalue weighted by Crippen LogP contribution is 2.37. The van der Waals surface area contributed by atoms with Crippen molar-refractivity contribution in [2.45, 2.75) is 0 Å². The number of phenolic OH excluding ortho intramolecular Hbond substituents is 3. The van der Waals surface area contributed by atoms with Crippen LogP contribution in [0.1, 0.15) is 0 Å². The molecule has 0 bridgehead atoms. The molecule has 120 valence electrons. The second-order valence-corrected chi connectivity index (χ2v) is 4.49. The van der Waals surface area contributed by atoms with Gasteiger partial charge in [-0.05, 0) is 24.3 Å². The summed E-state index contributed by atoms with van der Waals surface area (Å²) in [7, 11) is 1.00. The van der Waals surface area contributed by atoms with E-state index in [4.69, 9.17) is 9.52 Å². The van der Waals surface area contributed by atoms with Gasteiger partial charge < -0.3 is 29.9 Å². The predicted molar refractivity (Wildman–Crippen MR) is 82.7 cm³/mol. The van der Waals surface area contributed by atoms with E-state index in [0.29, 0.717) is 0 Å². The molecule has 3 rings (SSSR count). The number of aliphatic hydroxyl groups excluding tert-OH is 1. The summed E-state index contributed by atoms with van der Waals surface area (Å²) < 4.78 is 5.41. The summed E-state index contributed by atoms with van der Waals surface area (Å²) in [6.07, 6.45) is 0. The normalized spacial score (nSPS) is 10.2. The fraction of sp³-hybridized carbons (Fsp3) is 0.0625. The Morgan fingerprint density at radius 2 is 1.48 bits per heavy atom. The predicted octanol–water partition coefficient (Wildman–Crippen LogP) is 1.89. The Bertz CT molecular complexity index is 912. The zero-order valence-electron chi connectivity index (χ0n) is 12.0. The first-order valence-corrected chi connectivity index (χ1v) is 6.43. The largest absolute Gasteiger partial charge is 0.508 e. The molecule has 3 aromatic rings. The molecule has 5 N–H and O–H groups in total. The van der Waals surface area contributed by atoms with Crippen LogP contribution >= 0.6 is 0 Å². The molecule has 0 unspecified atom stereocenters. The van der Waals surface area contributed by atoms with E-state index in [2.05, 4.69) is 0 Å². The zero-order valence-corrected chi connectivity index (χ0v) is 12.0. The molecular formula is C16H14O7. The summed E-state index contributed by atoms with van der Waals surface area (Å²) in [5.74, 6) is -1.52. The standard InChI is InChI=1S/C15H10O6.CH4O/c16-7-1-3-9(11(18)5-7)15-14(20)13(19)10-4-2-8(17)6-12(10)21-15;1-2/h1-6,16-18,20H;2H,1H3. The molecular weight excluding hydrogens is 304 g/mol. The minimum Gasteiger partial charge on any atom is -0.508 e. The number of hydrogen-bond donors (Lipinski definition) is 5. The molecule has 0 radical (unpaired) electrons. The first-order chi connectivity index (χ1) is 11.0. The van der Waals surface area contributed by atoms with Crippen molar-refractivity contribution >= 4 is 11.0 Å². The van der Waals surface area contributed by atoms with Gasteiger partial charge in [-0.1, -0.05) is 0 Å². The summed E-state index contributed by atoms with van der Waals surface area (Å²) in [6.45, 7) is 0. The van der Waals surface area contributed by atoms with E-state index in [1.54, 1.807) is 0 Å². The molecule has 0 aliphatic heterocycles. The average molecular weight is 318 g/mol. The highest BCUT2D eigenvalue weighted by atomic mass is 16.4. The van der Waals surface area contributed by atoms with Gasteiger partial charge >= 0.3 is 0 Å². The van der Waals surface area contributed by atoms with Crippen molar-refractivity contribution in [3.63, 3.8) is 0 Å². The van der Waals surface area contributed by atoms with Crippen molar-refractivity contribution in [2.24, 2.45) is 0 Å². The molecule has 0 aliphatic carbocycles. The van der Waals surface area contributed by atoms with Gasteiger partial charge in [0.2, 0.25) is 11.2 Å². The molecule has 7 nitrogen and oxygen atoms in total. The summed E-state index contributed by atoms with van der Waals surface area (Å²) in [6, 6.07) is 7.50. The van der Waals surface area contributed by atoms with Crippen LogP contribution in [-0.4, -0.2) is 32.6 Å². The highest BCUT2D eigenvalue weighted by molar-refractivity contribution is 5.84. The molecule has 0 aliphatic rings. The van der Waals surface area contributed by atoms with Gasteiger partial charge in [0.25, 0.3) is 0 Å². The molecule has 7 heteroatoms. The quantitative estimate of drug-likeness (QED) is 0.463. The van der Waals surface area contributed by atoms with Gasteiger partial charge in [0.05, 0.1) is 10.9 Å². The van der Waals surface area contributed by atoms with Crippen molar-refractivity contribution in [1.82, 2.24) is 0 Å². The van der Waals surface area contributed by atoms with E-state index in [9.17, 15) is 25.2 Å². The van der Waals surface area contributed by atoms with Crippen molar-refractivity contribution in [3.8, 4) is 34.3 Å². The summed E-state index contributed by atoms with van der Waals surface area (Å²) in [5, 5.41) is 45.6. The van der Waals surface area contributed by atoms with Crippen LogP contribution in [-0.2, 0) is 0 Å². The maximum absolute atomic E-state index is 12.1. The number of aromatic hydroxyl groups is 4. The lowest BCUT2D eigenvalue weighted by atomic mass is 10.1. The van der Waals surface area contributed by atoms with Crippen LogP contribution in [0.4, 0.5) is 0 Å². The lowest BCUT2D eigenvalue weighted by Crippen LogP contribution is -2.02. The minimum absolute atomic E-state index is 0.0487. The van der Waals surface area contributed by atoms with Gasteiger partial charge in [-0.3, -0.25) is 4.79 Å². The Morgan fingerprint density at radius 3 is 2.13 bits per heavy atom. The topological polar surface area (TPSA) is 131 Å². The highest BCUT2D eigenvalue weighted by Gasteiger charge is 2.18. The van der Waals surface area contributed by atoms with Crippen molar-refractivity contribution in [2.75, 3.05) is 7.11 Å². The maximum Gasteiger partial charge on any atom is 0.235 e. The van der Waals surface area contributed by atoms with Crippen LogP contribution in [0.2, 0.25) is 0 Å². The molecule has 2 aromatic carbocycles. The van der Waals surface area contributed by atoms with E-state index in [-0.39, 0.29) is 39.5 Å². The summed E-state index contributed by atoms with van der Waals surface area (Å²) >= 11 is 0. The van der Waals surface area contributed by atoms with Crippen LogP contribution in [0, 0.1) is 0 Å². The smallest absolute Gasteiger partial charge is 0.235 e. The molecule has 0 amide bonds. The average Bonchev–Trinajstić information content (AvgIpc) is 2.53. The third-order valence-corrected chi connectivity index (χ3v) is 3.08. The number of phenols is 3. The van der Waals surface area contributed by atoms with Gasteiger partial charge in [-0.15, -0.1) is 0 Å². The molecule has 0 saturated heterocycles. The minimum atomic E-state index is -0.682. The molecule has 0 spiro atoms. The van der Waals surface area contributed by atoms with Crippen LogP contribution < -0.4 is 5.43 Å². The van der Waals surface area contributed by atoms with E-state index in [1.807, 2.05) is 0 Å². The van der Waals surface area contributed by atoms with Crippen molar-refractivity contribution in [1.29, 1.82) is 0 Å². The number of hydrogen-bond acceptors (Lipinski definition) is 7. The maximum atomic E-state index is 12.1. The van der Waals surface area contributed by atoms with Gasteiger partial charge in [-0.25, -0.2) is 0 Å². The molecule has 0 saturated carbocycles. The van der Waals surface area contributed by atoms with Crippen LogP contribution in [0.5, 0.6) is 23.0 Å². The first kappa shape index (κ1) is 16.2. The Balaban J connectivity index is 0.000000924. The van der Waals surface area contributed by atoms with Gasteiger partial charge in [0.15, 0.2) is 5.76 Å². The summed E-state index contributed by atoms with van der Waals surface area (Å²) in [5.41, 5.74) is -0.563. The molecule has 1 aromatic heterocycles. The van der Waals surface area contributed by atoms with Crippen molar-refractivity contribution < 1.29 is 29.9 Å².